The molecule has 0 spiro atoms. The Morgan fingerprint density at radius 2 is 1.88 bits per heavy atom. The van der Waals surface area contributed by atoms with Crippen LogP contribution in [0.3, 0.4) is 0 Å². The van der Waals surface area contributed by atoms with Gasteiger partial charge in [0.05, 0.1) is 13.7 Å². The minimum absolute atomic E-state index is 0.00301. The van der Waals surface area contributed by atoms with Crippen molar-refractivity contribution < 1.29 is 14.3 Å². The first-order chi connectivity index (χ1) is 11.7. The van der Waals surface area contributed by atoms with Crippen molar-refractivity contribution >= 4 is 5.91 Å². The number of hydrogen-bond donors (Lipinski definition) is 0. The monoisotopic (exact) mass is 333 g/mol. The predicted molar refractivity (Wildman–Crippen MR) is 90.0 cm³/mol. The number of aromatic nitrogens is 2. The van der Waals surface area contributed by atoms with E-state index in [9.17, 15) is 4.79 Å². The van der Waals surface area contributed by atoms with E-state index in [1.165, 1.54) is 32.1 Å². The first kappa shape index (κ1) is 17.0. The summed E-state index contributed by atoms with van der Waals surface area (Å²) in [6.45, 7) is 1.50. The van der Waals surface area contributed by atoms with E-state index in [4.69, 9.17) is 9.47 Å². The number of hydrogen-bond acceptors (Lipinski definition) is 5. The van der Waals surface area contributed by atoms with Gasteiger partial charge in [0.25, 0.3) is 0 Å². The van der Waals surface area contributed by atoms with Crippen molar-refractivity contribution in [3.63, 3.8) is 0 Å². The van der Waals surface area contributed by atoms with Gasteiger partial charge in [-0.3, -0.25) is 4.79 Å². The molecule has 0 aromatic carbocycles. The Hall–Kier alpha value is -1.85. The molecular formula is C18H27N3O3. The van der Waals surface area contributed by atoms with E-state index < -0.39 is 0 Å². The van der Waals surface area contributed by atoms with Gasteiger partial charge < -0.3 is 14.4 Å². The maximum Gasteiger partial charge on any atom is 0.233 e. The van der Waals surface area contributed by atoms with Gasteiger partial charge in [-0.1, -0.05) is 19.3 Å². The predicted octanol–water partition coefficient (Wildman–Crippen LogP) is 2.83. The van der Waals surface area contributed by atoms with Crippen LogP contribution in [0.2, 0.25) is 0 Å². The molecule has 1 aromatic rings. The first-order valence-electron chi connectivity index (χ1n) is 9.07. The summed E-state index contributed by atoms with van der Waals surface area (Å²) in [6, 6.07) is 3.49. The van der Waals surface area contributed by atoms with E-state index in [0.717, 1.165) is 19.4 Å². The molecule has 2 aliphatic rings. The quantitative estimate of drug-likeness (QED) is 0.829. The minimum atomic E-state index is -0.00301. The lowest BCUT2D eigenvalue weighted by molar-refractivity contribution is -0.135. The highest BCUT2D eigenvalue weighted by molar-refractivity contribution is 5.76. The van der Waals surface area contributed by atoms with E-state index in [2.05, 4.69) is 10.2 Å². The number of amides is 1. The third-order valence-electron chi connectivity index (χ3n) is 5.03. The fourth-order valence-corrected chi connectivity index (χ4v) is 3.68. The van der Waals surface area contributed by atoms with Crippen molar-refractivity contribution in [2.75, 3.05) is 20.2 Å². The van der Waals surface area contributed by atoms with Gasteiger partial charge in [0, 0.05) is 25.1 Å². The second-order valence-corrected chi connectivity index (χ2v) is 6.84. The van der Waals surface area contributed by atoms with E-state index in [0.29, 0.717) is 30.6 Å². The average molecular weight is 333 g/mol. The average Bonchev–Trinajstić information content (AvgIpc) is 2.63. The zero-order valence-corrected chi connectivity index (χ0v) is 14.4. The third kappa shape index (κ3) is 4.58. The largest absolute Gasteiger partial charge is 0.480 e. The second kappa shape index (κ2) is 8.31. The van der Waals surface area contributed by atoms with Crippen LogP contribution in [-0.4, -0.2) is 47.3 Å². The molecular weight excluding hydrogens is 306 g/mol. The van der Waals surface area contributed by atoms with Crippen LogP contribution in [0, 0.1) is 5.92 Å². The van der Waals surface area contributed by atoms with Gasteiger partial charge in [-0.15, -0.1) is 10.2 Å². The van der Waals surface area contributed by atoms with Gasteiger partial charge in [0.2, 0.25) is 17.7 Å². The maximum atomic E-state index is 12.6. The smallest absolute Gasteiger partial charge is 0.233 e. The third-order valence-corrected chi connectivity index (χ3v) is 5.03. The van der Waals surface area contributed by atoms with Crippen LogP contribution in [0.25, 0.3) is 0 Å². The Bertz CT molecular complexity index is 529. The van der Waals surface area contributed by atoms with E-state index in [1.807, 2.05) is 4.90 Å². The van der Waals surface area contributed by atoms with Crippen molar-refractivity contribution in [2.24, 2.45) is 5.92 Å². The van der Waals surface area contributed by atoms with Crippen LogP contribution in [0.4, 0.5) is 0 Å². The van der Waals surface area contributed by atoms with Crippen molar-refractivity contribution in [3.8, 4) is 11.8 Å². The zero-order valence-electron chi connectivity index (χ0n) is 14.4. The lowest BCUT2D eigenvalue weighted by atomic mass is 9.86. The van der Waals surface area contributed by atoms with Gasteiger partial charge in [-0.25, -0.2) is 0 Å². The van der Waals surface area contributed by atoms with Crippen molar-refractivity contribution in [3.05, 3.63) is 12.1 Å². The number of piperidine rings is 1. The maximum absolute atomic E-state index is 12.6. The highest BCUT2D eigenvalue weighted by atomic mass is 16.5. The molecule has 1 unspecified atom stereocenters. The molecule has 0 N–H and O–H groups in total. The molecule has 0 radical (unpaired) electrons. The van der Waals surface area contributed by atoms with Gasteiger partial charge >= 0.3 is 0 Å². The molecule has 132 valence electrons. The highest BCUT2D eigenvalue weighted by Crippen LogP contribution is 2.27. The second-order valence-electron chi connectivity index (χ2n) is 6.84. The van der Waals surface area contributed by atoms with E-state index in [1.54, 1.807) is 19.2 Å². The lowest BCUT2D eigenvalue weighted by Gasteiger charge is -2.34. The van der Waals surface area contributed by atoms with E-state index in [-0.39, 0.29) is 12.0 Å². The standard InChI is InChI=1S/C18H27N3O3/c1-23-16-9-10-17(20-19-16)24-15-8-5-11-21(13-15)18(22)12-14-6-3-2-4-7-14/h9-10,14-15H,2-8,11-13H2,1H3. The fourth-order valence-electron chi connectivity index (χ4n) is 3.68. The Balaban J connectivity index is 1.50. The van der Waals surface area contributed by atoms with Gasteiger partial charge in [0.15, 0.2) is 0 Å². The molecule has 1 aliphatic carbocycles. The molecule has 2 heterocycles. The summed E-state index contributed by atoms with van der Waals surface area (Å²) < 4.78 is 10.9. The number of ether oxygens (including phenoxy) is 2. The fraction of sp³-hybridized carbons (Fsp3) is 0.722. The molecule has 2 fully saturated rings. The van der Waals surface area contributed by atoms with Crippen molar-refractivity contribution in [2.45, 2.75) is 57.5 Å². The molecule has 24 heavy (non-hydrogen) atoms. The molecule has 1 saturated carbocycles. The zero-order chi connectivity index (χ0) is 16.8. The van der Waals surface area contributed by atoms with E-state index >= 15 is 0 Å². The molecule has 6 heteroatoms. The summed E-state index contributed by atoms with van der Waals surface area (Å²) in [5, 5.41) is 7.92. The number of rotatable bonds is 5. The van der Waals surface area contributed by atoms with Crippen LogP contribution < -0.4 is 9.47 Å². The lowest BCUT2D eigenvalue weighted by Crippen LogP contribution is -2.45. The van der Waals surface area contributed by atoms with Gasteiger partial charge in [-0.05, 0) is 31.6 Å². The number of carbonyl (C=O) groups excluding carboxylic acids is 1. The summed E-state index contributed by atoms with van der Waals surface area (Å²) in [6.07, 6.45) is 8.92. The molecule has 6 nitrogen and oxygen atoms in total. The Morgan fingerprint density at radius 1 is 1.12 bits per heavy atom. The highest BCUT2D eigenvalue weighted by Gasteiger charge is 2.27. The summed E-state index contributed by atoms with van der Waals surface area (Å²) in [5.74, 6) is 1.83. The number of nitrogens with zero attached hydrogens (tertiary/aromatic N) is 3. The number of likely N-dealkylation sites (tertiary alicyclic amines) is 1. The molecule has 0 bridgehead atoms. The van der Waals surface area contributed by atoms with Crippen molar-refractivity contribution in [1.29, 1.82) is 0 Å². The Morgan fingerprint density at radius 3 is 2.58 bits per heavy atom. The number of methoxy groups -OCH3 is 1. The van der Waals surface area contributed by atoms with Crippen LogP contribution >= 0.6 is 0 Å². The normalized spacial score (nSPS) is 22.2. The SMILES string of the molecule is COc1ccc(OC2CCCN(C(=O)CC3CCCCC3)C2)nn1. The first-order valence-corrected chi connectivity index (χ1v) is 9.07. The molecule has 1 atom stereocenters. The summed E-state index contributed by atoms with van der Waals surface area (Å²) in [7, 11) is 1.56. The van der Waals surface area contributed by atoms with Crippen molar-refractivity contribution in [1.82, 2.24) is 15.1 Å². The molecule has 1 saturated heterocycles. The molecule has 1 aliphatic heterocycles. The summed E-state index contributed by atoms with van der Waals surface area (Å²) in [4.78, 5) is 14.5. The Labute approximate surface area is 143 Å². The van der Waals surface area contributed by atoms with Crippen LogP contribution in [-0.2, 0) is 4.79 Å². The van der Waals surface area contributed by atoms with Crippen LogP contribution in [0.1, 0.15) is 51.4 Å². The van der Waals surface area contributed by atoms with Gasteiger partial charge in [-0.2, -0.15) is 0 Å². The molecule has 3 rings (SSSR count). The molecule has 1 aromatic heterocycles. The van der Waals surface area contributed by atoms with Crippen LogP contribution in [0.15, 0.2) is 12.1 Å². The Kier molecular flexibility index (Phi) is 5.88. The van der Waals surface area contributed by atoms with Crippen LogP contribution in [0.5, 0.6) is 11.8 Å². The summed E-state index contributed by atoms with van der Waals surface area (Å²) >= 11 is 0. The minimum Gasteiger partial charge on any atom is -0.480 e. The summed E-state index contributed by atoms with van der Waals surface area (Å²) in [5.41, 5.74) is 0. The number of carbonyl (C=O) groups is 1. The topological polar surface area (TPSA) is 64.6 Å². The van der Waals surface area contributed by atoms with Gasteiger partial charge in [0.1, 0.15) is 6.10 Å². The molecule has 1 amide bonds.